The molecule has 172 valence electrons. The minimum absolute atomic E-state index is 0.00446. The van der Waals surface area contributed by atoms with Gasteiger partial charge in [-0.25, -0.2) is 21.6 Å². The first kappa shape index (κ1) is 23.2. The third-order valence-corrected chi connectivity index (χ3v) is 6.35. The van der Waals surface area contributed by atoms with Gasteiger partial charge in [0, 0.05) is 23.4 Å². The highest BCUT2D eigenvalue weighted by molar-refractivity contribution is 7.90. The van der Waals surface area contributed by atoms with Crippen LogP contribution in [0.1, 0.15) is 5.56 Å². The molecule has 0 spiro atoms. The molecule has 0 N–H and O–H groups in total. The molecule has 0 unspecified atom stereocenters. The summed E-state index contributed by atoms with van der Waals surface area (Å²) < 4.78 is 65.9. The second kappa shape index (κ2) is 8.75. The summed E-state index contributed by atoms with van der Waals surface area (Å²) in [7, 11) is -3.44. The smallest absolute Gasteiger partial charge is 0.267 e. The first-order chi connectivity index (χ1) is 16.1. The lowest BCUT2D eigenvalue weighted by atomic mass is 9.96. The van der Waals surface area contributed by atoms with Crippen LogP contribution < -0.4 is 5.56 Å². The summed E-state index contributed by atoms with van der Waals surface area (Å²) in [6, 6.07) is 12.8. The van der Waals surface area contributed by atoms with E-state index in [-0.39, 0.29) is 21.7 Å². The minimum Gasteiger partial charge on any atom is -0.267 e. The Kier molecular flexibility index (Phi) is 5.97. The molecule has 4 rings (SSSR count). The molecule has 0 atom stereocenters. The van der Waals surface area contributed by atoms with Gasteiger partial charge in [0.2, 0.25) is 0 Å². The number of benzene rings is 3. The third kappa shape index (κ3) is 4.29. The summed E-state index contributed by atoms with van der Waals surface area (Å²) in [5.74, 6) is -2.76. The number of rotatable bonds is 5. The Morgan fingerprint density at radius 3 is 2.15 bits per heavy atom. The van der Waals surface area contributed by atoms with Gasteiger partial charge in [0.15, 0.2) is 21.5 Å². The Labute approximate surface area is 193 Å². The normalized spacial score (nSPS) is 11.4. The maximum atomic E-state index is 14.1. The van der Waals surface area contributed by atoms with Crippen LogP contribution >= 0.6 is 0 Å². The number of hydrogen-bond acceptors (Lipinski definition) is 4. The topological polar surface area (TPSA) is 69.0 Å². The average Bonchev–Trinajstić information content (AvgIpc) is 2.81. The van der Waals surface area contributed by atoms with Crippen LogP contribution in [0, 0.1) is 17.5 Å². The van der Waals surface area contributed by atoms with E-state index in [0.29, 0.717) is 16.7 Å². The highest BCUT2D eigenvalue weighted by Gasteiger charge is 2.18. The maximum absolute atomic E-state index is 14.1. The molecule has 0 bridgehead atoms. The number of halogens is 3. The van der Waals surface area contributed by atoms with E-state index in [0.717, 1.165) is 23.1 Å². The average molecular weight is 482 g/mol. The maximum Gasteiger partial charge on any atom is 0.280 e. The largest absolute Gasteiger partial charge is 0.280 e. The highest BCUT2D eigenvalue weighted by atomic mass is 32.2. The molecule has 5 nitrogen and oxygen atoms in total. The molecule has 0 radical (unpaired) electrons. The summed E-state index contributed by atoms with van der Waals surface area (Å²) >= 11 is 0. The van der Waals surface area contributed by atoms with Crippen molar-refractivity contribution >= 4 is 15.9 Å². The van der Waals surface area contributed by atoms with Gasteiger partial charge in [-0.15, -0.1) is 0 Å². The minimum atomic E-state index is -3.44. The molecule has 0 aliphatic rings. The fraction of sp³-hybridized carbons (Fsp3) is 0.0400. The Morgan fingerprint density at radius 1 is 0.882 bits per heavy atom. The van der Waals surface area contributed by atoms with Crippen LogP contribution in [0.3, 0.4) is 0 Å². The Bertz CT molecular complexity index is 1600. The molecule has 0 aliphatic heterocycles. The number of aromatic nitrogens is 2. The van der Waals surface area contributed by atoms with Crippen molar-refractivity contribution in [3.05, 3.63) is 107 Å². The van der Waals surface area contributed by atoms with E-state index in [1.54, 1.807) is 0 Å². The van der Waals surface area contributed by atoms with Crippen molar-refractivity contribution in [1.29, 1.82) is 0 Å². The fourth-order valence-electron chi connectivity index (χ4n) is 3.49. The lowest BCUT2D eigenvalue weighted by Crippen LogP contribution is -2.23. The Hall–Kier alpha value is -3.98. The zero-order valence-electron chi connectivity index (χ0n) is 17.8. The lowest BCUT2D eigenvalue weighted by Gasteiger charge is -2.14. The number of nitrogens with zero attached hydrogens (tertiary/aromatic N) is 2. The van der Waals surface area contributed by atoms with E-state index in [2.05, 4.69) is 11.7 Å². The summed E-state index contributed by atoms with van der Waals surface area (Å²) in [5, 5.41) is 4.12. The van der Waals surface area contributed by atoms with Crippen LogP contribution in [0.2, 0.25) is 0 Å². The third-order valence-electron chi connectivity index (χ3n) is 5.22. The zero-order valence-corrected chi connectivity index (χ0v) is 18.6. The molecule has 3 aromatic carbocycles. The van der Waals surface area contributed by atoms with E-state index >= 15 is 0 Å². The van der Waals surface area contributed by atoms with Crippen LogP contribution in [0.25, 0.3) is 34.0 Å². The van der Waals surface area contributed by atoms with E-state index in [1.807, 2.05) is 0 Å². The fourth-order valence-corrected chi connectivity index (χ4v) is 4.12. The van der Waals surface area contributed by atoms with Crippen LogP contribution in [-0.2, 0) is 9.84 Å². The van der Waals surface area contributed by atoms with Crippen LogP contribution in [0.15, 0.2) is 83.1 Å². The summed E-state index contributed by atoms with van der Waals surface area (Å²) in [6.45, 7) is 3.58. The van der Waals surface area contributed by atoms with E-state index in [1.165, 1.54) is 60.8 Å². The predicted molar refractivity (Wildman–Crippen MR) is 124 cm³/mol. The van der Waals surface area contributed by atoms with Gasteiger partial charge in [0.1, 0.15) is 5.82 Å². The van der Waals surface area contributed by atoms with E-state index < -0.39 is 32.8 Å². The van der Waals surface area contributed by atoms with E-state index in [4.69, 9.17) is 0 Å². The number of sulfone groups is 1. The summed E-state index contributed by atoms with van der Waals surface area (Å²) in [4.78, 5) is 13.6. The molecule has 1 heterocycles. The molecule has 34 heavy (non-hydrogen) atoms. The quantitative estimate of drug-likeness (QED) is 0.400. The van der Waals surface area contributed by atoms with Crippen molar-refractivity contribution in [2.45, 2.75) is 4.90 Å². The monoisotopic (exact) mass is 482 g/mol. The van der Waals surface area contributed by atoms with Crippen LogP contribution in [-0.4, -0.2) is 24.5 Å². The first-order valence-corrected chi connectivity index (χ1v) is 11.8. The van der Waals surface area contributed by atoms with Gasteiger partial charge in [-0.2, -0.15) is 9.78 Å². The van der Waals surface area contributed by atoms with Gasteiger partial charge in [0.05, 0.1) is 22.3 Å². The van der Waals surface area contributed by atoms with Crippen molar-refractivity contribution in [3.63, 3.8) is 0 Å². The van der Waals surface area contributed by atoms with E-state index in [9.17, 15) is 26.4 Å². The van der Waals surface area contributed by atoms with Gasteiger partial charge >= 0.3 is 0 Å². The molecule has 0 aliphatic carbocycles. The molecule has 9 heteroatoms. The molecular weight excluding hydrogens is 465 g/mol. The Morgan fingerprint density at radius 2 is 1.53 bits per heavy atom. The second-order valence-electron chi connectivity index (χ2n) is 7.49. The van der Waals surface area contributed by atoms with Crippen LogP contribution in [0.5, 0.6) is 0 Å². The molecule has 0 saturated carbocycles. The van der Waals surface area contributed by atoms with Crippen molar-refractivity contribution < 1.29 is 21.6 Å². The molecule has 0 amide bonds. The standard InChI is InChI=1S/C25H17F3N2O3S/c1-3-15-12-17(6-10-21(15)26)24-20(16-4-8-19(9-5-16)34(2,32)33)14-29-30(25(24)31)18-7-11-22(27)23(28)13-18/h3-14H,1H2,2H3. The van der Waals surface area contributed by atoms with Gasteiger partial charge in [0.25, 0.3) is 5.56 Å². The van der Waals surface area contributed by atoms with Crippen molar-refractivity contribution in [2.75, 3.05) is 6.26 Å². The van der Waals surface area contributed by atoms with Crippen molar-refractivity contribution in [3.8, 4) is 27.9 Å². The van der Waals surface area contributed by atoms with Crippen molar-refractivity contribution in [1.82, 2.24) is 9.78 Å². The summed E-state index contributed by atoms with van der Waals surface area (Å²) in [6.07, 6.45) is 3.73. The Balaban J connectivity index is 2.00. The zero-order chi connectivity index (χ0) is 24.6. The lowest BCUT2D eigenvalue weighted by molar-refractivity contribution is 0.507. The molecular formula is C25H17F3N2O3S. The van der Waals surface area contributed by atoms with Gasteiger partial charge in [-0.05, 0) is 47.5 Å². The second-order valence-corrected chi connectivity index (χ2v) is 9.50. The van der Waals surface area contributed by atoms with Gasteiger partial charge < -0.3 is 0 Å². The number of hydrogen-bond donors (Lipinski definition) is 0. The highest BCUT2D eigenvalue weighted by Crippen LogP contribution is 2.31. The predicted octanol–water partition coefficient (Wildman–Crippen LogP) is 5.03. The molecule has 0 saturated heterocycles. The molecule has 1 aromatic heterocycles. The molecule has 0 fully saturated rings. The first-order valence-electron chi connectivity index (χ1n) is 9.91. The molecule has 4 aromatic rings. The summed E-state index contributed by atoms with van der Waals surface area (Å²) in [5.41, 5.74) is 0.746. The van der Waals surface area contributed by atoms with Gasteiger partial charge in [-0.1, -0.05) is 30.9 Å². The van der Waals surface area contributed by atoms with Gasteiger partial charge in [-0.3, -0.25) is 4.79 Å². The SMILES string of the molecule is C=Cc1cc(-c2c(-c3ccc(S(C)(=O)=O)cc3)cnn(-c3ccc(F)c(F)c3)c2=O)ccc1F. The van der Waals surface area contributed by atoms with Crippen LogP contribution in [0.4, 0.5) is 13.2 Å². The van der Waals surface area contributed by atoms with Crippen molar-refractivity contribution in [2.24, 2.45) is 0 Å².